The minimum Gasteiger partial charge on any atom is -0.490 e. The Bertz CT molecular complexity index is 925. The predicted molar refractivity (Wildman–Crippen MR) is 88.7 cm³/mol. The first-order valence-corrected chi connectivity index (χ1v) is 7.97. The van der Waals surface area contributed by atoms with Crippen LogP contribution in [0.3, 0.4) is 0 Å². The van der Waals surface area contributed by atoms with Gasteiger partial charge in [0.25, 0.3) is 5.89 Å². The third kappa shape index (κ3) is 2.71. The van der Waals surface area contributed by atoms with Gasteiger partial charge >= 0.3 is 0 Å². The van der Waals surface area contributed by atoms with Gasteiger partial charge in [-0.05, 0) is 31.4 Å². The van der Waals surface area contributed by atoms with Gasteiger partial charge in [0, 0.05) is 25.5 Å². The van der Waals surface area contributed by atoms with Crippen molar-refractivity contribution in [3.8, 4) is 28.6 Å². The van der Waals surface area contributed by atoms with E-state index in [-0.39, 0.29) is 17.4 Å². The topological polar surface area (TPSA) is 70.2 Å². The Morgan fingerprint density at radius 1 is 1.21 bits per heavy atom. The van der Waals surface area contributed by atoms with E-state index < -0.39 is 0 Å². The van der Waals surface area contributed by atoms with Gasteiger partial charge in [-0.3, -0.25) is 4.79 Å². The molecule has 6 nitrogen and oxygen atoms in total. The lowest BCUT2D eigenvalue weighted by atomic mass is 9.96. The molecule has 122 valence electrons. The summed E-state index contributed by atoms with van der Waals surface area (Å²) in [5.41, 5.74) is 1.01. The van der Waals surface area contributed by atoms with Crippen LogP contribution in [0, 0.1) is 0 Å². The van der Waals surface area contributed by atoms with Gasteiger partial charge in [-0.2, -0.15) is 4.98 Å². The van der Waals surface area contributed by atoms with Gasteiger partial charge in [0.15, 0.2) is 5.43 Å². The van der Waals surface area contributed by atoms with Crippen LogP contribution in [0.5, 0.6) is 5.75 Å². The highest BCUT2D eigenvalue weighted by atomic mass is 16.5. The Hall–Kier alpha value is -2.89. The Labute approximate surface area is 138 Å². The monoisotopic (exact) mass is 323 g/mol. The average Bonchev–Trinajstić information content (AvgIpc) is 3.03. The maximum absolute atomic E-state index is 12.0. The largest absolute Gasteiger partial charge is 0.490 e. The highest BCUT2D eigenvalue weighted by Crippen LogP contribution is 2.33. The molecule has 0 spiro atoms. The van der Waals surface area contributed by atoms with Crippen LogP contribution >= 0.6 is 0 Å². The number of aryl methyl sites for hydroxylation is 1. The van der Waals surface area contributed by atoms with Gasteiger partial charge in [-0.15, -0.1) is 0 Å². The van der Waals surface area contributed by atoms with Gasteiger partial charge in [0.2, 0.25) is 5.82 Å². The number of hydrogen-bond acceptors (Lipinski definition) is 5. The van der Waals surface area contributed by atoms with E-state index >= 15 is 0 Å². The summed E-state index contributed by atoms with van der Waals surface area (Å²) in [5, 5.41) is 4.03. The van der Waals surface area contributed by atoms with Crippen molar-refractivity contribution in [1.82, 2.24) is 14.7 Å². The van der Waals surface area contributed by atoms with E-state index in [1.54, 1.807) is 17.0 Å². The lowest BCUT2D eigenvalue weighted by Gasteiger charge is -2.27. The zero-order chi connectivity index (χ0) is 16.5. The molecule has 1 saturated carbocycles. The minimum absolute atomic E-state index is 0.151. The number of hydrogen-bond donors (Lipinski definition) is 0. The Morgan fingerprint density at radius 2 is 2.04 bits per heavy atom. The molecule has 0 amide bonds. The van der Waals surface area contributed by atoms with Crippen molar-refractivity contribution < 1.29 is 9.26 Å². The smallest absolute Gasteiger partial charge is 0.263 e. The van der Waals surface area contributed by atoms with Crippen LogP contribution in [-0.2, 0) is 7.05 Å². The SMILES string of the molecule is Cn1ccc(=O)c(-c2nc(-c3ccccc3OC3CCC3)no2)c1. The van der Waals surface area contributed by atoms with E-state index in [1.807, 2.05) is 31.3 Å². The second kappa shape index (κ2) is 5.96. The van der Waals surface area contributed by atoms with Crippen molar-refractivity contribution in [3.05, 3.63) is 52.9 Å². The van der Waals surface area contributed by atoms with Crippen LogP contribution in [0.2, 0.25) is 0 Å². The molecule has 1 aliphatic carbocycles. The first kappa shape index (κ1) is 14.7. The van der Waals surface area contributed by atoms with Crippen LogP contribution in [0.25, 0.3) is 22.8 Å². The predicted octanol–water partition coefficient (Wildman–Crippen LogP) is 3.03. The molecule has 0 bridgehead atoms. The first-order valence-electron chi connectivity index (χ1n) is 7.97. The normalized spacial score (nSPS) is 14.4. The molecular formula is C18H17N3O3. The highest BCUT2D eigenvalue weighted by molar-refractivity contribution is 5.65. The standard InChI is InChI=1S/C18H17N3O3/c1-21-10-9-15(22)14(11-21)18-19-17(20-24-18)13-7-2-3-8-16(13)23-12-5-4-6-12/h2-3,7-12H,4-6H2,1H3. The average molecular weight is 323 g/mol. The van der Waals surface area contributed by atoms with Crippen molar-refractivity contribution in [1.29, 1.82) is 0 Å². The summed E-state index contributed by atoms with van der Waals surface area (Å²) in [6.07, 6.45) is 6.98. The molecule has 2 aromatic heterocycles. The quantitative estimate of drug-likeness (QED) is 0.738. The lowest BCUT2D eigenvalue weighted by molar-refractivity contribution is 0.121. The maximum Gasteiger partial charge on any atom is 0.263 e. The summed E-state index contributed by atoms with van der Waals surface area (Å²) >= 11 is 0. The molecule has 0 aliphatic heterocycles. The third-order valence-corrected chi connectivity index (χ3v) is 4.19. The second-order valence-electron chi connectivity index (χ2n) is 5.98. The number of ether oxygens (including phenoxy) is 1. The fraction of sp³-hybridized carbons (Fsp3) is 0.278. The molecule has 0 unspecified atom stereocenters. The van der Waals surface area contributed by atoms with E-state index in [1.165, 1.54) is 12.5 Å². The third-order valence-electron chi connectivity index (χ3n) is 4.19. The van der Waals surface area contributed by atoms with Crippen molar-refractivity contribution >= 4 is 0 Å². The van der Waals surface area contributed by atoms with Crippen LogP contribution in [0.1, 0.15) is 19.3 Å². The Morgan fingerprint density at radius 3 is 2.83 bits per heavy atom. The number of rotatable bonds is 4. The summed E-state index contributed by atoms with van der Waals surface area (Å²) in [6.45, 7) is 0. The molecule has 0 atom stereocenters. The number of pyridine rings is 1. The fourth-order valence-corrected chi connectivity index (χ4v) is 2.61. The van der Waals surface area contributed by atoms with Crippen LogP contribution < -0.4 is 10.2 Å². The van der Waals surface area contributed by atoms with E-state index in [4.69, 9.17) is 9.26 Å². The molecule has 2 heterocycles. The number of benzene rings is 1. The van der Waals surface area contributed by atoms with Crippen molar-refractivity contribution in [2.24, 2.45) is 7.05 Å². The van der Waals surface area contributed by atoms with Crippen molar-refractivity contribution in [3.63, 3.8) is 0 Å². The maximum atomic E-state index is 12.0. The Balaban J connectivity index is 1.70. The van der Waals surface area contributed by atoms with Crippen LogP contribution in [0.15, 0.2) is 52.0 Å². The molecule has 1 aromatic carbocycles. The first-order chi connectivity index (χ1) is 11.7. The second-order valence-corrected chi connectivity index (χ2v) is 5.98. The molecule has 24 heavy (non-hydrogen) atoms. The molecule has 0 N–H and O–H groups in total. The van der Waals surface area contributed by atoms with Gasteiger partial charge in [-0.25, -0.2) is 0 Å². The molecular weight excluding hydrogens is 306 g/mol. The Kier molecular flexibility index (Phi) is 3.65. The van der Waals surface area contributed by atoms with E-state index in [0.29, 0.717) is 11.4 Å². The molecule has 4 rings (SSSR count). The number of aromatic nitrogens is 3. The zero-order valence-corrected chi connectivity index (χ0v) is 13.3. The van der Waals surface area contributed by atoms with E-state index in [0.717, 1.165) is 24.2 Å². The van der Waals surface area contributed by atoms with Crippen molar-refractivity contribution in [2.45, 2.75) is 25.4 Å². The van der Waals surface area contributed by atoms with Crippen molar-refractivity contribution in [2.75, 3.05) is 0 Å². The highest BCUT2D eigenvalue weighted by Gasteiger charge is 2.22. The summed E-state index contributed by atoms with van der Waals surface area (Å²) in [7, 11) is 1.84. The molecule has 1 fully saturated rings. The minimum atomic E-state index is -0.151. The fourth-order valence-electron chi connectivity index (χ4n) is 2.61. The van der Waals surface area contributed by atoms with Gasteiger partial charge in [-0.1, -0.05) is 17.3 Å². The summed E-state index contributed by atoms with van der Waals surface area (Å²) in [4.78, 5) is 16.4. The summed E-state index contributed by atoms with van der Waals surface area (Å²) in [5.74, 6) is 1.38. The van der Waals surface area contributed by atoms with Crippen LogP contribution in [0.4, 0.5) is 0 Å². The molecule has 1 aliphatic rings. The molecule has 3 aromatic rings. The van der Waals surface area contributed by atoms with Crippen LogP contribution in [-0.4, -0.2) is 20.8 Å². The van der Waals surface area contributed by atoms with Gasteiger partial charge < -0.3 is 13.8 Å². The van der Waals surface area contributed by atoms with E-state index in [2.05, 4.69) is 10.1 Å². The lowest BCUT2D eigenvalue weighted by Crippen LogP contribution is -2.24. The van der Waals surface area contributed by atoms with E-state index in [9.17, 15) is 4.79 Å². The molecule has 0 saturated heterocycles. The number of nitrogens with zero attached hydrogens (tertiary/aromatic N) is 3. The van der Waals surface area contributed by atoms with Gasteiger partial charge in [0.05, 0.1) is 11.7 Å². The zero-order valence-electron chi connectivity index (χ0n) is 13.3. The summed E-state index contributed by atoms with van der Waals surface area (Å²) in [6, 6.07) is 9.11. The summed E-state index contributed by atoms with van der Waals surface area (Å²) < 4.78 is 13.1. The van der Waals surface area contributed by atoms with Gasteiger partial charge in [0.1, 0.15) is 11.3 Å². The molecule has 6 heteroatoms. The number of para-hydroxylation sites is 1. The molecule has 0 radical (unpaired) electrons.